The van der Waals surface area contributed by atoms with Crippen molar-refractivity contribution in [3.63, 3.8) is 0 Å². The molecular formula is C14H19BrN2. The van der Waals surface area contributed by atoms with Crippen LogP contribution in [0.1, 0.15) is 30.5 Å². The van der Waals surface area contributed by atoms with Gasteiger partial charge in [-0.3, -0.25) is 0 Å². The molecule has 1 atom stereocenters. The second-order valence-electron chi connectivity index (χ2n) is 4.44. The SMILES string of the molecule is CCC(CNC)c1c(C)c(Br)c2ccccn12. The van der Waals surface area contributed by atoms with Crippen molar-refractivity contribution in [2.45, 2.75) is 26.2 Å². The van der Waals surface area contributed by atoms with Gasteiger partial charge in [-0.15, -0.1) is 0 Å². The van der Waals surface area contributed by atoms with E-state index in [-0.39, 0.29) is 0 Å². The first-order chi connectivity index (χ1) is 8.20. The Hall–Kier alpha value is -0.800. The Morgan fingerprint density at radius 1 is 1.41 bits per heavy atom. The lowest BCUT2D eigenvalue weighted by atomic mass is 9.99. The molecule has 0 aromatic carbocycles. The molecule has 2 rings (SSSR count). The van der Waals surface area contributed by atoms with Crippen LogP contribution in [0.2, 0.25) is 0 Å². The lowest BCUT2D eigenvalue weighted by molar-refractivity contribution is 0.590. The second-order valence-corrected chi connectivity index (χ2v) is 5.24. The van der Waals surface area contributed by atoms with Gasteiger partial charge < -0.3 is 9.72 Å². The molecule has 92 valence electrons. The van der Waals surface area contributed by atoms with Crippen LogP contribution >= 0.6 is 15.9 Å². The summed E-state index contributed by atoms with van der Waals surface area (Å²) in [5, 5.41) is 3.29. The monoisotopic (exact) mass is 294 g/mol. The van der Waals surface area contributed by atoms with Crippen molar-refractivity contribution in [3.05, 3.63) is 40.1 Å². The van der Waals surface area contributed by atoms with Crippen molar-refractivity contribution in [1.29, 1.82) is 0 Å². The normalized spacial score (nSPS) is 13.2. The van der Waals surface area contributed by atoms with Crippen LogP contribution in [-0.4, -0.2) is 18.0 Å². The van der Waals surface area contributed by atoms with Crippen molar-refractivity contribution < 1.29 is 0 Å². The standard InChI is InChI=1S/C14H19BrN2/c1-4-11(9-16-3)14-10(2)13(15)12-7-5-6-8-17(12)14/h5-8,11,16H,4,9H2,1-3H3. The average molecular weight is 295 g/mol. The molecule has 2 nitrogen and oxygen atoms in total. The summed E-state index contributed by atoms with van der Waals surface area (Å²) in [6.45, 7) is 5.47. The molecule has 0 amide bonds. The lowest BCUT2D eigenvalue weighted by Gasteiger charge is -2.16. The number of hydrogen-bond donors (Lipinski definition) is 1. The zero-order valence-electron chi connectivity index (χ0n) is 10.6. The number of nitrogens with zero attached hydrogens (tertiary/aromatic N) is 1. The van der Waals surface area contributed by atoms with Crippen LogP contribution in [0.4, 0.5) is 0 Å². The van der Waals surface area contributed by atoms with Gasteiger partial charge in [0.05, 0.1) is 5.52 Å². The third-order valence-corrected chi connectivity index (χ3v) is 4.39. The zero-order chi connectivity index (χ0) is 12.4. The minimum atomic E-state index is 0.557. The van der Waals surface area contributed by atoms with E-state index in [0.29, 0.717) is 5.92 Å². The summed E-state index contributed by atoms with van der Waals surface area (Å²) in [6.07, 6.45) is 3.30. The second kappa shape index (κ2) is 5.23. The molecule has 0 bridgehead atoms. The first-order valence-corrected chi connectivity index (χ1v) is 6.89. The van der Waals surface area contributed by atoms with E-state index in [2.05, 4.69) is 63.9 Å². The summed E-state index contributed by atoms with van der Waals surface area (Å²) >= 11 is 3.71. The highest BCUT2D eigenvalue weighted by molar-refractivity contribution is 9.10. The summed E-state index contributed by atoms with van der Waals surface area (Å²) in [6, 6.07) is 6.34. The molecule has 0 fully saturated rings. The highest BCUT2D eigenvalue weighted by Gasteiger charge is 2.19. The number of nitrogens with one attached hydrogen (secondary N) is 1. The predicted octanol–water partition coefficient (Wildman–Crippen LogP) is 3.72. The van der Waals surface area contributed by atoms with Crippen LogP contribution in [0.5, 0.6) is 0 Å². The zero-order valence-corrected chi connectivity index (χ0v) is 12.2. The van der Waals surface area contributed by atoms with E-state index in [1.165, 1.54) is 21.2 Å². The van der Waals surface area contributed by atoms with Crippen molar-refractivity contribution >= 4 is 21.4 Å². The number of halogens is 1. The molecule has 17 heavy (non-hydrogen) atoms. The Balaban J connectivity index is 2.63. The van der Waals surface area contributed by atoms with E-state index in [1.54, 1.807) is 0 Å². The Labute approximate surface area is 111 Å². The fourth-order valence-corrected chi connectivity index (χ4v) is 3.03. The number of hydrogen-bond acceptors (Lipinski definition) is 1. The third-order valence-electron chi connectivity index (χ3n) is 3.39. The smallest absolute Gasteiger partial charge is 0.0597 e. The van der Waals surface area contributed by atoms with E-state index < -0.39 is 0 Å². The molecule has 2 aromatic rings. The Bertz CT molecular complexity index is 516. The molecular weight excluding hydrogens is 276 g/mol. The maximum absolute atomic E-state index is 3.71. The molecule has 0 spiro atoms. The van der Waals surface area contributed by atoms with Crippen LogP contribution < -0.4 is 5.32 Å². The number of likely N-dealkylation sites (N-methyl/N-ethyl adjacent to an activating group) is 1. The molecule has 0 saturated carbocycles. The van der Waals surface area contributed by atoms with E-state index in [4.69, 9.17) is 0 Å². The van der Waals surface area contributed by atoms with E-state index in [9.17, 15) is 0 Å². The van der Waals surface area contributed by atoms with Gasteiger partial charge in [-0.05, 0) is 54.0 Å². The van der Waals surface area contributed by atoms with Gasteiger partial charge in [-0.25, -0.2) is 0 Å². The fraction of sp³-hybridized carbons (Fsp3) is 0.429. The maximum Gasteiger partial charge on any atom is 0.0597 e. The van der Waals surface area contributed by atoms with Crippen LogP contribution in [-0.2, 0) is 0 Å². The summed E-state index contributed by atoms with van der Waals surface area (Å²) in [5.41, 5.74) is 4.04. The Morgan fingerprint density at radius 3 is 2.82 bits per heavy atom. The van der Waals surface area contributed by atoms with E-state index in [1.807, 2.05) is 7.05 Å². The molecule has 2 aromatic heterocycles. The number of pyridine rings is 1. The van der Waals surface area contributed by atoms with Crippen LogP contribution in [0, 0.1) is 6.92 Å². The maximum atomic E-state index is 3.71. The molecule has 0 saturated heterocycles. The van der Waals surface area contributed by atoms with Gasteiger partial charge >= 0.3 is 0 Å². The first-order valence-electron chi connectivity index (χ1n) is 6.10. The molecule has 2 heterocycles. The molecule has 0 aliphatic rings. The quantitative estimate of drug-likeness (QED) is 0.909. The average Bonchev–Trinajstić information content (AvgIpc) is 2.61. The van der Waals surface area contributed by atoms with Crippen LogP contribution in [0.15, 0.2) is 28.9 Å². The summed E-state index contributed by atoms with van der Waals surface area (Å²) in [7, 11) is 2.02. The molecule has 3 heteroatoms. The Kier molecular flexibility index (Phi) is 3.89. The van der Waals surface area contributed by atoms with Gasteiger partial charge in [0.25, 0.3) is 0 Å². The molecule has 1 N–H and O–H groups in total. The predicted molar refractivity (Wildman–Crippen MR) is 76.8 cm³/mol. The van der Waals surface area contributed by atoms with Gasteiger partial charge in [-0.1, -0.05) is 13.0 Å². The molecule has 1 unspecified atom stereocenters. The van der Waals surface area contributed by atoms with Crippen LogP contribution in [0.3, 0.4) is 0 Å². The minimum Gasteiger partial charge on any atom is -0.319 e. The van der Waals surface area contributed by atoms with E-state index >= 15 is 0 Å². The first kappa shape index (κ1) is 12.7. The Morgan fingerprint density at radius 2 is 2.18 bits per heavy atom. The van der Waals surface area contributed by atoms with Crippen LogP contribution in [0.25, 0.3) is 5.52 Å². The number of aromatic nitrogens is 1. The van der Waals surface area contributed by atoms with Gasteiger partial charge in [0.1, 0.15) is 0 Å². The summed E-state index contributed by atoms with van der Waals surface area (Å²) < 4.78 is 3.54. The largest absolute Gasteiger partial charge is 0.319 e. The van der Waals surface area contributed by atoms with Gasteiger partial charge in [-0.2, -0.15) is 0 Å². The lowest BCUT2D eigenvalue weighted by Crippen LogP contribution is -2.18. The van der Waals surface area contributed by atoms with Crippen molar-refractivity contribution in [2.75, 3.05) is 13.6 Å². The van der Waals surface area contributed by atoms with Gasteiger partial charge in [0.2, 0.25) is 0 Å². The fourth-order valence-electron chi connectivity index (χ4n) is 2.50. The highest BCUT2D eigenvalue weighted by atomic mass is 79.9. The van der Waals surface area contributed by atoms with E-state index in [0.717, 1.165) is 13.0 Å². The third kappa shape index (κ3) is 2.14. The van der Waals surface area contributed by atoms with Crippen molar-refractivity contribution in [1.82, 2.24) is 9.72 Å². The van der Waals surface area contributed by atoms with Gasteiger partial charge in [0, 0.05) is 28.8 Å². The summed E-state index contributed by atoms with van der Waals surface area (Å²) in [5.74, 6) is 0.557. The molecule has 0 aliphatic carbocycles. The van der Waals surface area contributed by atoms with Gasteiger partial charge in [0.15, 0.2) is 0 Å². The highest BCUT2D eigenvalue weighted by Crippen LogP contribution is 2.33. The van der Waals surface area contributed by atoms with Crippen molar-refractivity contribution in [2.24, 2.45) is 0 Å². The summed E-state index contributed by atoms with van der Waals surface area (Å²) in [4.78, 5) is 0. The van der Waals surface area contributed by atoms with Crippen molar-refractivity contribution in [3.8, 4) is 0 Å². The number of fused-ring (bicyclic) bond motifs is 1. The molecule has 0 radical (unpaired) electrons. The number of rotatable bonds is 4. The molecule has 0 aliphatic heterocycles. The topological polar surface area (TPSA) is 16.4 Å². The minimum absolute atomic E-state index is 0.557.